The van der Waals surface area contributed by atoms with Crippen molar-refractivity contribution < 1.29 is 31.8 Å². The van der Waals surface area contributed by atoms with E-state index < -0.39 is 30.5 Å². The smallest absolute Gasteiger partial charge is 0.415 e. The highest BCUT2D eigenvalue weighted by molar-refractivity contribution is 5.25. The van der Waals surface area contributed by atoms with E-state index in [1.165, 1.54) is 11.0 Å². The molecule has 1 aromatic rings. The molecule has 0 radical (unpaired) electrons. The highest BCUT2D eigenvalue weighted by Gasteiger charge is 2.39. The summed E-state index contributed by atoms with van der Waals surface area (Å²) in [5.41, 5.74) is 0. The zero-order chi connectivity index (χ0) is 16.3. The van der Waals surface area contributed by atoms with Crippen LogP contribution in [0.1, 0.15) is 12.8 Å². The number of β-amino-alcohol motifs (C(OH)–C–C–N with tert-alkyl or cyclic N) is 1. The number of piperidine rings is 1. The number of rotatable bonds is 4. The number of aliphatic hydroxyl groups is 1. The van der Waals surface area contributed by atoms with Crippen LogP contribution in [0.15, 0.2) is 18.2 Å². The summed E-state index contributed by atoms with van der Waals surface area (Å²) in [7, 11) is 0. The third-order valence-electron chi connectivity index (χ3n) is 3.53. The Labute approximate surface area is 124 Å². The first kappa shape index (κ1) is 17.0. The van der Waals surface area contributed by atoms with Crippen molar-refractivity contribution in [2.45, 2.75) is 31.2 Å². The molecule has 0 aromatic heterocycles. The van der Waals surface area contributed by atoms with Crippen LogP contribution in [-0.2, 0) is 0 Å². The summed E-state index contributed by atoms with van der Waals surface area (Å²) in [6.45, 7) is 0.127. The maximum absolute atomic E-state index is 13.5. The van der Waals surface area contributed by atoms with Gasteiger partial charge >= 0.3 is 6.18 Å². The van der Waals surface area contributed by atoms with Gasteiger partial charge in [0.25, 0.3) is 0 Å². The number of ether oxygens (including phenoxy) is 1. The minimum atomic E-state index is -4.63. The van der Waals surface area contributed by atoms with Crippen LogP contribution in [0.4, 0.5) is 22.0 Å². The van der Waals surface area contributed by atoms with E-state index >= 15 is 0 Å². The van der Waals surface area contributed by atoms with Gasteiger partial charge in [-0.2, -0.15) is 13.2 Å². The Morgan fingerprint density at radius 1 is 1.23 bits per heavy atom. The molecule has 1 aliphatic rings. The van der Waals surface area contributed by atoms with Crippen molar-refractivity contribution in [3.05, 3.63) is 29.8 Å². The first-order valence-corrected chi connectivity index (χ1v) is 6.84. The van der Waals surface area contributed by atoms with Crippen molar-refractivity contribution >= 4 is 0 Å². The molecule has 8 heteroatoms. The molecule has 1 heterocycles. The Kier molecular flexibility index (Phi) is 5.23. The molecular weight excluding hydrogens is 309 g/mol. The maximum Gasteiger partial charge on any atom is 0.415 e. The molecule has 1 N–H and O–H groups in total. The average Bonchev–Trinajstić information content (AvgIpc) is 2.43. The SMILES string of the molecule is O[C@@H](CN1CCC(Oc2ccc(F)cc2F)CC1)C(F)(F)F. The Morgan fingerprint density at radius 3 is 2.41 bits per heavy atom. The van der Waals surface area contributed by atoms with Crippen LogP contribution in [-0.4, -0.2) is 48.0 Å². The lowest BCUT2D eigenvalue weighted by Gasteiger charge is -2.33. The summed E-state index contributed by atoms with van der Waals surface area (Å²) in [4.78, 5) is 1.49. The lowest BCUT2D eigenvalue weighted by atomic mass is 10.1. The quantitative estimate of drug-likeness (QED) is 0.864. The van der Waals surface area contributed by atoms with Gasteiger partial charge < -0.3 is 14.7 Å². The summed E-state index contributed by atoms with van der Waals surface area (Å²) < 4.78 is 68.5. The van der Waals surface area contributed by atoms with Crippen LogP contribution in [0, 0.1) is 11.6 Å². The number of likely N-dealkylation sites (tertiary alicyclic amines) is 1. The number of alkyl halides is 3. The number of aliphatic hydroxyl groups excluding tert-OH is 1. The van der Waals surface area contributed by atoms with Crippen LogP contribution >= 0.6 is 0 Å². The van der Waals surface area contributed by atoms with Crippen molar-refractivity contribution in [2.24, 2.45) is 0 Å². The molecule has 0 spiro atoms. The van der Waals surface area contributed by atoms with E-state index in [0.29, 0.717) is 32.0 Å². The van der Waals surface area contributed by atoms with Gasteiger partial charge in [0.2, 0.25) is 0 Å². The van der Waals surface area contributed by atoms with Gasteiger partial charge in [-0.3, -0.25) is 0 Å². The van der Waals surface area contributed by atoms with Gasteiger partial charge in [0.15, 0.2) is 17.7 Å². The van der Waals surface area contributed by atoms with E-state index in [2.05, 4.69) is 0 Å². The molecule has 1 saturated heterocycles. The Bertz CT molecular complexity index is 500. The van der Waals surface area contributed by atoms with Crippen molar-refractivity contribution in [3.63, 3.8) is 0 Å². The molecule has 1 aromatic carbocycles. The molecule has 1 aliphatic heterocycles. The lowest BCUT2D eigenvalue weighted by molar-refractivity contribution is -0.208. The monoisotopic (exact) mass is 325 g/mol. The van der Waals surface area contributed by atoms with E-state index in [1.54, 1.807) is 0 Å². The highest BCUT2D eigenvalue weighted by Crippen LogP contribution is 2.25. The van der Waals surface area contributed by atoms with Crippen LogP contribution in [0.25, 0.3) is 0 Å². The topological polar surface area (TPSA) is 32.7 Å². The van der Waals surface area contributed by atoms with Gasteiger partial charge in [-0.05, 0) is 25.0 Å². The first-order valence-electron chi connectivity index (χ1n) is 6.84. The molecule has 0 aliphatic carbocycles. The third kappa shape index (κ3) is 4.54. The predicted molar refractivity (Wildman–Crippen MR) is 68.5 cm³/mol. The first-order chi connectivity index (χ1) is 10.3. The summed E-state index contributed by atoms with van der Waals surface area (Å²) in [6, 6.07) is 2.97. The van der Waals surface area contributed by atoms with Gasteiger partial charge in [-0.25, -0.2) is 8.78 Å². The van der Waals surface area contributed by atoms with Crippen molar-refractivity contribution in [1.82, 2.24) is 4.90 Å². The van der Waals surface area contributed by atoms with E-state index in [4.69, 9.17) is 9.84 Å². The molecule has 22 heavy (non-hydrogen) atoms. The lowest BCUT2D eigenvalue weighted by Crippen LogP contribution is -2.45. The normalized spacial score (nSPS) is 19.2. The second-order valence-corrected chi connectivity index (χ2v) is 5.25. The van der Waals surface area contributed by atoms with Crippen LogP contribution in [0.2, 0.25) is 0 Å². The Balaban J connectivity index is 1.82. The number of hydrogen-bond donors (Lipinski definition) is 1. The van der Waals surface area contributed by atoms with E-state index in [-0.39, 0.29) is 11.9 Å². The molecule has 0 bridgehead atoms. The summed E-state index contributed by atoms with van der Waals surface area (Å²) in [5.74, 6) is -1.59. The second kappa shape index (κ2) is 6.78. The van der Waals surface area contributed by atoms with E-state index in [0.717, 1.165) is 6.07 Å². The zero-order valence-corrected chi connectivity index (χ0v) is 11.6. The van der Waals surface area contributed by atoms with Gasteiger partial charge in [0.05, 0.1) is 0 Å². The largest absolute Gasteiger partial charge is 0.487 e. The summed E-state index contributed by atoms with van der Waals surface area (Å²) in [5, 5.41) is 9.02. The average molecular weight is 325 g/mol. The predicted octanol–water partition coefficient (Wildman–Crippen LogP) is 2.73. The van der Waals surface area contributed by atoms with Crippen molar-refractivity contribution in [1.29, 1.82) is 0 Å². The fourth-order valence-corrected chi connectivity index (χ4v) is 2.31. The van der Waals surface area contributed by atoms with Gasteiger partial charge in [-0.15, -0.1) is 0 Å². The Morgan fingerprint density at radius 2 is 1.86 bits per heavy atom. The van der Waals surface area contributed by atoms with E-state index in [9.17, 15) is 22.0 Å². The molecule has 0 amide bonds. The Hall–Kier alpha value is -1.41. The minimum absolute atomic E-state index is 0.0739. The van der Waals surface area contributed by atoms with Gasteiger partial charge in [-0.1, -0.05) is 0 Å². The van der Waals surface area contributed by atoms with Crippen molar-refractivity contribution in [3.8, 4) is 5.75 Å². The summed E-state index contributed by atoms with van der Waals surface area (Å²) in [6.07, 6.45) is -6.55. The highest BCUT2D eigenvalue weighted by atomic mass is 19.4. The van der Waals surface area contributed by atoms with Crippen LogP contribution in [0.3, 0.4) is 0 Å². The van der Waals surface area contributed by atoms with E-state index in [1.807, 2.05) is 0 Å². The number of benzene rings is 1. The number of halogens is 5. The standard InChI is InChI=1S/C14H16F5NO2/c15-9-1-2-12(11(16)7-9)22-10-3-5-20(6-4-10)8-13(21)14(17,18)19/h1-2,7,10,13,21H,3-6,8H2/t13-/m0/s1. The number of hydrogen-bond acceptors (Lipinski definition) is 3. The summed E-state index contributed by atoms with van der Waals surface area (Å²) >= 11 is 0. The fourth-order valence-electron chi connectivity index (χ4n) is 2.31. The van der Waals surface area contributed by atoms with Crippen molar-refractivity contribution in [2.75, 3.05) is 19.6 Å². The van der Waals surface area contributed by atoms with Gasteiger partial charge in [0, 0.05) is 25.7 Å². The minimum Gasteiger partial charge on any atom is -0.487 e. The fraction of sp³-hybridized carbons (Fsp3) is 0.571. The molecule has 1 atom stereocenters. The van der Waals surface area contributed by atoms with Crippen LogP contribution in [0.5, 0.6) is 5.75 Å². The molecule has 0 unspecified atom stereocenters. The molecule has 3 nitrogen and oxygen atoms in total. The molecule has 124 valence electrons. The number of nitrogens with zero attached hydrogens (tertiary/aromatic N) is 1. The molecule has 1 fully saturated rings. The molecule has 2 rings (SSSR count). The zero-order valence-electron chi connectivity index (χ0n) is 11.6. The molecular formula is C14H16F5NO2. The van der Waals surface area contributed by atoms with Crippen LogP contribution < -0.4 is 4.74 Å². The van der Waals surface area contributed by atoms with Gasteiger partial charge in [0.1, 0.15) is 11.9 Å². The third-order valence-corrected chi connectivity index (χ3v) is 3.53. The molecule has 0 saturated carbocycles. The maximum atomic E-state index is 13.5. The second-order valence-electron chi connectivity index (χ2n) is 5.25.